The first-order valence-corrected chi connectivity index (χ1v) is 7.89. The zero-order valence-corrected chi connectivity index (χ0v) is 13.2. The Hall–Kier alpha value is -2.36. The Balaban J connectivity index is 1.76. The second-order valence-corrected chi connectivity index (χ2v) is 5.75. The van der Waals surface area contributed by atoms with Crippen molar-refractivity contribution in [3.8, 4) is 5.75 Å². The van der Waals surface area contributed by atoms with Gasteiger partial charge in [-0.3, -0.25) is 4.79 Å². The lowest BCUT2D eigenvalue weighted by atomic mass is 10.00. The number of para-hydroxylation sites is 1. The molecular weight excluding hydrogens is 293 g/mol. The molecule has 0 radical (unpaired) electrons. The van der Waals surface area contributed by atoms with E-state index >= 15 is 0 Å². The number of rotatable bonds is 4. The smallest absolute Gasteiger partial charge is 0.227 e. The Labute approximate surface area is 135 Å². The predicted octanol–water partition coefficient (Wildman–Crippen LogP) is 3.75. The number of halogens is 1. The standard InChI is InChI=1S/C19H20FNO2/c1-23-17-9-3-6-15-7-4-12-21(19(15)17)18(22)11-10-14-5-2-8-16(20)13-14/h2-3,5-6,8-9,13H,4,7,10-12H2,1H3. The van der Waals surface area contributed by atoms with Crippen LogP contribution in [0.2, 0.25) is 0 Å². The van der Waals surface area contributed by atoms with Gasteiger partial charge in [0.1, 0.15) is 11.6 Å². The van der Waals surface area contributed by atoms with E-state index in [1.807, 2.05) is 29.2 Å². The highest BCUT2D eigenvalue weighted by Crippen LogP contribution is 2.36. The predicted molar refractivity (Wildman–Crippen MR) is 88.4 cm³/mol. The summed E-state index contributed by atoms with van der Waals surface area (Å²) in [7, 11) is 1.62. The van der Waals surface area contributed by atoms with E-state index in [0.29, 0.717) is 19.4 Å². The first-order valence-electron chi connectivity index (χ1n) is 7.89. The molecule has 0 aliphatic carbocycles. The van der Waals surface area contributed by atoms with Crippen LogP contribution in [0, 0.1) is 5.82 Å². The number of hydrogen-bond acceptors (Lipinski definition) is 2. The van der Waals surface area contributed by atoms with Gasteiger partial charge in [0.05, 0.1) is 12.8 Å². The number of aryl methyl sites for hydroxylation is 2. The van der Waals surface area contributed by atoms with Gasteiger partial charge in [-0.05, 0) is 48.6 Å². The number of amides is 1. The van der Waals surface area contributed by atoms with Crippen LogP contribution in [0.15, 0.2) is 42.5 Å². The van der Waals surface area contributed by atoms with Crippen LogP contribution >= 0.6 is 0 Å². The number of anilines is 1. The SMILES string of the molecule is COc1cccc2c1N(C(=O)CCc1cccc(F)c1)CCC2. The topological polar surface area (TPSA) is 29.5 Å². The third-order valence-electron chi connectivity index (χ3n) is 4.22. The molecule has 0 saturated heterocycles. The van der Waals surface area contributed by atoms with Crippen LogP contribution in [0.1, 0.15) is 24.0 Å². The minimum atomic E-state index is -0.264. The van der Waals surface area contributed by atoms with Crippen molar-refractivity contribution in [2.24, 2.45) is 0 Å². The Morgan fingerprint density at radius 3 is 2.87 bits per heavy atom. The first kappa shape index (κ1) is 15.5. The number of carbonyl (C=O) groups excluding carboxylic acids is 1. The lowest BCUT2D eigenvalue weighted by Gasteiger charge is -2.31. The average Bonchev–Trinajstić information content (AvgIpc) is 2.58. The van der Waals surface area contributed by atoms with Crippen molar-refractivity contribution in [1.82, 2.24) is 0 Å². The number of fused-ring (bicyclic) bond motifs is 1. The average molecular weight is 313 g/mol. The quantitative estimate of drug-likeness (QED) is 0.860. The van der Waals surface area contributed by atoms with Crippen LogP contribution in [0.25, 0.3) is 0 Å². The number of methoxy groups -OCH3 is 1. The number of benzene rings is 2. The first-order chi connectivity index (χ1) is 11.2. The van der Waals surface area contributed by atoms with E-state index in [-0.39, 0.29) is 11.7 Å². The summed E-state index contributed by atoms with van der Waals surface area (Å²) in [6.45, 7) is 0.704. The van der Waals surface area contributed by atoms with E-state index < -0.39 is 0 Å². The molecule has 2 aromatic rings. The summed E-state index contributed by atoms with van der Waals surface area (Å²) in [6.07, 6.45) is 2.81. The van der Waals surface area contributed by atoms with E-state index in [1.165, 1.54) is 12.1 Å². The summed E-state index contributed by atoms with van der Waals surface area (Å²) in [5.74, 6) is 0.529. The van der Waals surface area contributed by atoms with Crippen molar-refractivity contribution in [2.75, 3.05) is 18.6 Å². The van der Waals surface area contributed by atoms with E-state index in [0.717, 1.165) is 35.4 Å². The van der Waals surface area contributed by atoms with Gasteiger partial charge in [0.25, 0.3) is 0 Å². The number of ether oxygens (including phenoxy) is 1. The maximum absolute atomic E-state index is 13.2. The minimum Gasteiger partial charge on any atom is -0.495 e. The number of hydrogen-bond donors (Lipinski definition) is 0. The Morgan fingerprint density at radius 2 is 2.09 bits per heavy atom. The van der Waals surface area contributed by atoms with Gasteiger partial charge in [-0.25, -0.2) is 4.39 Å². The zero-order valence-electron chi connectivity index (χ0n) is 13.2. The van der Waals surface area contributed by atoms with Crippen molar-refractivity contribution in [3.05, 3.63) is 59.4 Å². The molecule has 1 amide bonds. The molecule has 0 fully saturated rings. The van der Waals surface area contributed by atoms with Crippen LogP contribution in [0.5, 0.6) is 5.75 Å². The van der Waals surface area contributed by atoms with E-state index in [2.05, 4.69) is 0 Å². The van der Waals surface area contributed by atoms with Gasteiger partial charge in [-0.15, -0.1) is 0 Å². The maximum Gasteiger partial charge on any atom is 0.227 e. The van der Waals surface area contributed by atoms with Crippen LogP contribution in [-0.4, -0.2) is 19.6 Å². The largest absolute Gasteiger partial charge is 0.495 e. The van der Waals surface area contributed by atoms with Crippen molar-refractivity contribution >= 4 is 11.6 Å². The van der Waals surface area contributed by atoms with Gasteiger partial charge in [-0.1, -0.05) is 24.3 Å². The summed E-state index contributed by atoms with van der Waals surface area (Å²) in [5.41, 5.74) is 2.89. The monoisotopic (exact) mass is 313 g/mol. The molecule has 0 saturated carbocycles. The molecule has 0 unspecified atom stereocenters. The number of nitrogens with zero attached hydrogens (tertiary/aromatic N) is 1. The molecule has 2 aromatic carbocycles. The maximum atomic E-state index is 13.2. The highest BCUT2D eigenvalue weighted by atomic mass is 19.1. The summed E-state index contributed by atoms with van der Waals surface area (Å²) in [5, 5.41) is 0. The van der Waals surface area contributed by atoms with Crippen LogP contribution < -0.4 is 9.64 Å². The van der Waals surface area contributed by atoms with Crippen LogP contribution in [-0.2, 0) is 17.6 Å². The zero-order chi connectivity index (χ0) is 16.2. The van der Waals surface area contributed by atoms with Crippen molar-refractivity contribution in [3.63, 3.8) is 0 Å². The van der Waals surface area contributed by atoms with Crippen LogP contribution in [0.4, 0.5) is 10.1 Å². The van der Waals surface area contributed by atoms with Gasteiger partial charge < -0.3 is 9.64 Å². The van der Waals surface area contributed by atoms with Crippen molar-refractivity contribution in [2.45, 2.75) is 25.7 Å². The lowest BCUT2D eigenvalue weighted by Crippen LogP contribution is -2.36. The molecule has 1 aliphatic heterocycles. The molecule has 0 N–H and O–H groups in total. The molecule has 0 atom stereocenters. The summed E-state index contributed by atoms with van der Waals surface area (Å²) < 4.78 is 18.7. The fourth-order valence-electron chi connectivity index (χ4n) is 3.11. The van der Waals surface area contributed by atoms with Crippen molar-refractivity contribution < 1.29 is 13.9 Å². The molecule has 0 bridgehead atoms. The fourth-order valence-corrected chi connectivity index (χ4v) is 3.11. The molecule has 120 valence electrons. The van der Waals surface area contributed by atoms with E-state index in [4.69, 9.17) is 4.74 Å². The lowest BCUT2D eigenvalue weighted by molar-refractivity contribution is -0.118. The highest BCUT2D eigenvalue weighted by molar-refractivity contribution is 5.96. The summed E-state index contributed by atoms with van der Waals surface area (Å²) >= 11 is 0. The van der Waals surface area contributed by atoms with Crippen molar-refractivity contribution in [1.29, 1.82) is 0 Å². The third-order valence-corrected chi connectivity index (χ3v) is 4.22. The molecule has 4 heteroatoms. The molecular formula is C19H20FNO2. The van der Waals surface area contributed by atoms with Gasteiger partial charge >= 0.3 is 0 Å². The molecule has 3 rings (SSSR count). The Bertz CT molecular complexity index is 700. The van der Waals surface area contributed by atoms with Gasteiger partial charge in [-0.2, -0.15) is 0 Å². The molecule has 3 nitrogen and oxygen atoms in total. The molecule has 0 spiro atoms. The summed E-state index contributed by atoms with van der Waals surface area (Å²) in [4.78, 5) is 14.5. The molecule has 1 heterocycles. The van der Waals surface area contributed by atoms with E-state index in [1.54, 1.807) is 13.2 Å². The normalized spacial score (nSPS) is 13.6. The van der Waals surface area contributed by atoms with Gasteiger partial charge in [0.2, 0.25) is 5.91 Å². The molecule has 1 aliphatic rings. The fraction of sp³-hybridized carbons (Fsp3) is 0.316. The molecule has 0 aromatic heterocycles. The Kier molecular flexibility index (Phi) is 4.60. The highest BCUT2D eigenvalue weighted by Gasteiger charge is 2.25. The second-order valence-electron chi connectivity index (χ2n) is 5.75. The van der Waals surface area contributed by atoms with Gasteiger partial charge in [0.15, 0.2) is 0 Å². The molecule has 23 heavy (non-hydrogen) atoms. The van der Waals surface area contributed by atoms with Crippen LogP contribution in [0.3, 0.4) is 0 Å². The second kappa shape index (κ2) is 6.82. The van der Waals surface area contributed by atoms with Gasteiger partial charge in [0, 0.05) is 13.0 Å². The number of carbonyl (C=O) groups is 1. The van der Waals surface area contributed by atoms with E-state index in [9.17, 15) is 9.18 Å². The Morgan fingerprint density at radius 1 is 1.26 bits per heavy atom. The summed E-state index contributed by atoms with van der Waals surface area (Å²) in [6, 6.07) is 12.3. The third kappa shape index (κ3) is 3.36. The minimum absolute atomic E-state index is 0.0553.